The van der Waals surface area contributed by atoms with Crippen LogP contribution in [0, 0.1) is 0 Å². The van der Waals surface area contributed by atoms with Crippen LogP contribution in [0.25, 0.3) is 11.6 Å². The van der Waals surface area contributed by atoms with E-state index in [0.717, 1.165) is 58.5 Å². The summed E-state index contributed by atoms with van der Waals surface area (Å²) in [4.78, 5) is 32.6. The zero-order valence-corrected chi connectivity index (χ0v) is 24.5. The van der Waals surface area contributed by atoms with Gasteiger partial charge in [-0.15, -0.1) is 0 Å². The molecule has 3 aliphatic rings. The Balaban J connectivity index is 0.985. The largest absolute Gasteiger partial charge is 0.493 e. The number of nitrogens with zero attached hydrogens (tertiary/aromatic N) is 2. The van der Waals surface area contributed by atoms with Gasteiger partial charge in [-0.3, -0.25) is 14.6 Å². The smallest absolute Gasteiger partial charge is 0.256 e. The van der Waals surface area contributed by atoms with E-state index in [2.05, 4.69) is 11.1 Å². The molecule has 1 aliphatic carbocycles. The van der Waals surface area contributed by atoms with Crippen LogP contribution in [-0.2, 0) is 0 Å². The maximum absolute atomic E-state index is 13.1. The number of rotatable bonds is 8. The van der Waals surface area contributed by atoms with Crippen molar-refractivity contribution in [1.29, 1.82) is 0 Å². The molecule has 0 aromatic heterocycles. The number of methoxy groups -OCH3 is 1. The van der Waals surface area contributed by atoms with Gasteiger partial charge in [-0.05, 0) is 59.4 Å². The van der Waals surface area contributed by atoms with E-state index in [4.69, 9.17) is 14.2 Å². The number of hydrogen-bond acceptors (Lipinski definition) is 6. The van der Waals surface area contributed by atoms with Crippen LogP contribution < -0.4 is 14.2 Å². The second kappa shape index (κ2) is 11.8. The van der Waals surface area contributed by atoms with Gasteiger partial charge in [0, 0.05) is 36.4 Å². The molecule has 7 nitrogen and oxygen atoms in total. The van der Waals surface area contributed by atoms with E-state index in [1.165, 1.54) is 0 Å². The molecule has 7 rings (SSSR count). The Hall–Kier alpha value is -5.17. The van der Waals surface area contributed by atoms with E-state index >= 15 is 0 Å². The van der Waals surface area contributed by atoms with Crippen LogP contribution in [0.2, 0.25) is 0 Å². The molecule has 1 fully saturated rings. The van der Waals surface area contributed by atoms with Crippen molar-refractivity contribution in [2.75, 3.05) is 26.9 Å². The fourth-order valence-corrected chi connectivity index (χ4v) is 6.16. The SMILES string of the molecule is COc1cc2c(cc1OCCCOc1ccc(C=C3c4ccccc4C(=O)c4ccccc43)cc1)N=C[C@@H]1CCCN1C2=O. The lowest BCUT2D eigenvalue weighted by atomic mass is 9.81. The number of ketones is 1. The summed E-state index contributed by atoms with van der Waals surface area (Å²) in [5.74, 6) is 1.89. The van der Waals surface area contributed by atoms with Crippen molar-refractivity contribution in [2.45, 2.75) is 25.3 Å². The maximum Gasteiger partial charge on any atom is 0.256 e. The van der Waals surface area contributed by atoms with Gasteiger partial charge in [0.1, 0.15) is 5.75 Å². The van der Waals surface area contributed by atoms with E-state index in [1.807, 2.05) is 83.9 Å². The lowest BCUT2D eigenvalue weighted by Gasteiger charge is -2.21. The van der Waals surface area contributed by atoms with Crippen molar-refractivity contribution in [3.05, 3.63) is 118 Å². The molecule has 2 heterocycles. The molecule has 44 heavy (non-hydrogen) atoms. The molecule has 220 valence electrons. The lowest BCUT2D eigenvalue weighted by Crippen LogP contribution is -2.35. The van der Waals surface area contributed by atoms with Crippen LogP contribution in [-0.4, -0.2) is 55.7 Å². The number of aliphatic imine (C=N–C) groups is 1. The van der Waals surface area contributed by atoms with Gasteiger partial charge in [0.15, 0.2) is 17.3 Å². The van der Waals surface area contributed by atoms with Crippen LogP contribution >= 0.6 is 0 Å². The van der Waals surface area contributed by atoms with Gasteiger partial charge in [0.2, 0.25) is 0 Å². The maximum atomic E-state index is 13.1. The molecule has 0 unspecified atom stereocenters. The Labute approximate surface area is 256 Å². The predicted octanol–water partition coefficient (Wildman–Crippen LogP) is 7.00. The first kappa shape index (κ1) is 27.7. The molecular weight excluding hydrogens is 552 g/mol. The summed E-state index contributed by atoms with van der Waals surface area (Å²) in [6, 6.07) is 27.1. The molecule has 0 radical (unpaired) electrons. The molecule has 4 aromatic rings. The summed E-state index contributed by atoms with van der Waals surface area (Å²) in [7, 11) is 1.58. The first-order chi connectivity index (χ1) is 21.6. The number of hydrogen-bond donors (Lipinski definition) is 0. The summed E-state index contributed by atoms with van der Waals surface area (Å²) >= 11 is 0. The molecule has 0 N–H and O–H groups in total. The van der Waals surface area contributed by atoms with Gasteiger partial charge in [-0.25, -0.2) is 0 Å². The van der Waals surface area contributed by atoms with E-state index in [1.54, 1.807) is 19.2 Å². The summed E-state index contributed by atoms with van der Waals surface area (Å²) in [5, 5.41) is 0. The highest BCUT2D eigenvalue weighted by molar-refractivity contribution is 6.20. The van der Waals surface area contributed by atoms with Crippen molar-refractivity contribution in [2.24, 2.45) is 4.99 Å². The summed E-state index contributed by atoms with van der Waals surface area (Å²) < 4.78 is 17.6. The Morgan fingerprint density at radius 2 is 1.50 bits per heavy atom. The van der Waals surface area contributed by atoms with E-state index in [0.29, 0.717) is 42.4 Å². The number of fused-ring (bicyclic) bond motifs is 4. The Morgan fingerprint density at radius 1 is 0.818 bits per heavy atom. The van der Waals surface area contributed by atoms with Crippen molar-refractivity contribution >= 4 is 35.2 Å². The lowest BCUT2D eigenvalue weighted by molar-refractivity contribution is 0.0774. The van der Waals surface area contributed by atoms with Crippen molar-refractivity contribution in [1.82, 2.24) is 4.90 Å². The number of amides is 1. The molecule has 1 atom stereocenters. The van der Waals surface area contributed by atoms with Crippen molar-refractivity contribution in [3.8, 4) is 17.2 Å². The second-order valence-corrected chi connectivity index (χ2v) is 11.1. The van der Waals surface area contributed by atoms with Gasteiger partial charge in [-0.2, -0.15) is 0 Å². The zero-order chi connectivity index (χ0) is 30.0. The minimum absolute atomic E-state index is 0.0102. The monoisotopic (exact) mass is 584 g/mol. The van der Waals surface area contributed by atoms with Crippen LogP contribution in [0.5, 0.6) is 17.2 Å². The fraction of sp³-hybridized carbons (Fsp3) is 0.216. The van der Waals surface area contributed by atoms with Crippen molar-refractivity contribution < 1.29 is 23.8 Å². The highest BCUT2D eigenvalue weighted by atomic mass is 16.5. The van der Waals surface area contributed by atoms with Gasteiger partial charge in [0.05, 0.1) is 37.6 Å². The molecule has 0 saturated carbocycles. The molecule has 1 saturated heterocycles. The average Bonchev–Trinajstić information content (AvgIpc) is 3.50. The third-order valence-corrected chi connectivity index (χ3v) is 8.39. The molecule has 0 spiro atoms. The molecule has 0 bridgehead atoms. The molecule has 1 amide bonds. The summed E-state index contributed by atoms with van der Waals surface area (Å²) in [6.45, 7) is 1.65. The van der Waals surface area contributed by atoms with Gasteiger partial charge in [-0.1, -0.05) is 60.7 Å². The van der Waals surface area contributed by atoms with Gasteiger partial charge >= 0.3 is 0 Å². The first-order valence-electron chi connectivity index (χ1n) is 15.0. The molecule has 4 aromatic carbocycles. The number of benzene rings is 4. The Bertz CT molecular complexity index is 1760. The van der Waals surface area contributed by atoms with Crippen LogP contribution in [0.4, 0.5) is 5.69 Å². The summed E-state index contributed by atoms with van der Waals surface area (Å²) in [5.41, 5.74) is 6.55. The highest BCUT2D eigenvalue weighted by Gasteiger charge is 2.32. The van der Waals surface area contributed by atoms with Gasteiger partial charge in [0.25, 0.3) is 5.91 Å². The Morgan fingerprint density at radius 3 is 2.20 bits per heavy atom. The van der Waals surface area contributed by atoms with Crippen LogP contribution in [0.3, 0.4) is 0 Å². The number of carbonyl (C=O) groups excluding carboxylic acids is 2. The number of carbonyl (C=O) groups is 2. The van der Waals surface area contributed by atoms with Crippen LogP contribution in [0.15, 0.2) is 89.9 Å². The predicted molar refractivity (Wildman–Crippen MR) is 171 cm³/mol. The zero-order valence-electron chi connectivity index (χ0n) is 24.5. The third kappa shape index (κ3) is 5.15. The minimum Gasteiger partial charge on any atom is -0.493 e. The first-order valence-corrected chi connectivity index (χ1v) is 15.0. The quantitative estimate of drug-likeness (QED) is 0.184. The average molecular weight is 585 g/mol. The summed E-state index contributed by atoms with van der Waals surface area (Å²) in [6.07, 6.45) is 6.59. The highest BCUT2D eigenvalue weighted by Crippen LogP contribution is 2.39. The molecular formula is C37H32N2O5. The Kier molecular flexibility index (Phi) is 7.44. The van der Waals surface area contributed by atoms with Crippen molar-refractivity contribution in [3.63, 3.8) is 0 Å². The van der Waals surface area contributed by atoms with E-state index < -0.39 is 0 Å². The molecule has 7 heteroatoms. The molecule has 2 aliphatic heterocycles. The minimum atomic E-state index is -0.0102. The van der Waals surface area contributed by atoms with Crippen LogP contribution in [0.1, 0.15) is 62.2 Å². The van der Waals surface area contributed by atoms with Gasteiger partial charge < -0.3 is 19.1 Å². The third-order valence-electron chi connectivity index (χ3n) is 8.39. The normalized spacial score (nSPS) is 16.4. The van der Waals surface area contributed by atoms with E-state index in [-0.39, 0.29) is 17.7 Å². The number of ether oxygens (including phenoxy) is 3. The fourth-order valence-electron chi connectivity index (χ4n) is 6.16. The second-order valence-electron chi connectivity index (χ2n) is 11.1. The topological polar surface area (TPSA) is 77.4 Å². The standard InChI is InChI=1S/C37H32N2O5/c1-42-34-21-32-33(38-23-25-8-6-17-39(25)37(32)41)22-35(34)44-19-7-18-43-26-15-13-24(14-16-26)20-31-27-9-2-4-11-29(27)36(40)30-12-5-3-10-28(30)31/h2-5,9-16,20-23,25H,6-8,17-19H2,1H3/t25-/m0/s1. The van der Waals surface area contributed by atoms with E-state index in [9.17, 15) is 9.59 Å².